The number of anilines is 1. The second-order valence-corrected chi connectivity index (χ2v) is 4.60. The molecule has 2 N–H and O–H groups in total. The number of phenolic OH excluding ortho intramolecular Hbond substituents is 2. The molecule has 91 valence electrons. The first-order valence-electron chi connectivity index (χ1n) is 5.97. The Labute approximate surface area is 106 Å². The predicted molar refractivity (Wildman–Crippen MR) is 70.0 cm³/mol. The first-order valence-corrected chi connectivity index (χ1v) is 5.97. The molecule has 3 nitrogen and oxygen atoms in total. The van der Waals surface area contributed by atoms with Crippen LogP contribution in [0, 0.1) is 6.07 Å². The lowest BCUT2D eigenvalue weighted by atomic mass is 9.90. The summed E-state index contributed by atoms with van der Waals surface area (Å²) in [5.41, 5.74) is 2.09. The average molecular weight is 240 g/mol. The summed E-state index contributed by atoms with van der Waals surface area (Å²) < 4.78 is 0. The Morgan fingerprint density at radius 2 is 1.78 bits per heavy atom. The molecule has 0 spiro atoms. The summed E-state index contributed by atoms with van der Waals surface area (Å²) in [4.78, 5) is 2.25. The van der Waals surface area contributed by atoms with E-state index in [1.54, 1.807) is 12.1 Å². The molecule has 0 atom stereocenters. The quantitative estimate of drug-likeness (QED) is 0.847. The van der Waals surface area contributed by atoms with Crippen LogP contribution in [0.3, 0.4) is 0 Å². The first kappa shape index (κ1) is 11.0. The second-order valence-electron chi connectivity index (χ2n) is 4.60. The molecular weight excluding hydrogens is 226 g/mol. The normalized spacial score (nSPS) is 15.4. The van der Waals surface area contributed by atoms with Gasteiger partial charge in [0, 0.05) is 36.3 Å². The van der Waals surface area contributed by atoms with E-state index in [1.165, 1.54) is 11.8 Å². The van der Waals surface area contributed by atoms with Gasteiger partial charge in [-0.3, -0.25) is 0 Å². The van der Waals surface area contributed by atoms with Crippen molar-refractivity contribution in [3.05, 3.63) is 54.1 Å². The Morgan fingerprint density at radius 1 is 1.06 bits per heavy atom. The van der Waals surface area contributed by atoms with Crippen molar-refractivity contribution < 1.29 is 10.2 Å². The molecule has 18 heavy (non-hydrogen) atoms. The van der Waals surface area contributed by atoms with Crippen molar-refractivity contribution in [2.24, 2.45) is 0 Å². The monoisotopic (exact) mass is 240 g/mol. The number of aromatic hydroxyl groups is 2. The molecule has 0 aliphatic carbocycles. The standard InChI is InChI=1S/C15H14NO2/c17-13-6-7-14(15(18)8-13)11-9-16(10-11)12-4-2-1-3-5-12/h2-8,11,17-18H,9-10H2. The van der Waals surface area contributed by atoms with Crippen LogP contribution in [0.5, 0.6) is 11.5 Å². The molecule has 0 unspecified atom stereocenters. The third-order valence-electron chi connectivity index (χ3n) is 3.40. The van der Waals surface area contributed by atoms with Gasteiger partial charge in [-0.25, -0.2) is 0 Å². The van der Waals surface area contributed by atoms with Crippen molar-refractivity contribution in [3.63, 3.8) is 0 Å². The fourth-order valence-corrected chi connectivity index (χ4v) is 2.35. The Bertz CT molecular complexity index is 548. The maximum absolute atomic E-state index is 9.80. The zero-order valence-electron chi connectivity index (χ0n) is 9.87. The summed E-state index contributed by atoms with van der Waals surface area (Å²) in [6.07, 6.45) is 0. The minimum absolute atomic E-state index is 0.103. The minimum Gasteiger partial charge on any atom is -0.508 e. The van der Waals surface area contributed by atoms with Crippen molar-refractivity contribution in [2.45, 2.75) is 5.92 Å². The molecule has 1 fully saturated rings. The lowest BCUT2D eigenvalue weighted by Crippen LogP contribution is -2.45. The molecule has 0 bridgehead atoms. The summed E-state index contributed by atoms with van der Waals surface area (Å²) in [7, 11) is 0. The number of nitrogens with zero attached hydrogens (tertiary/aromatic N) is 1. The topological polar surface area (TPSA) is 43.7 Å². The van der Waals surface area contributed by atoms with Gasteiger partial charge >= 0.3 is 0 Å². The summed E-state index contributed by atoms with van der Waals surface area (Å²) >= 11 is 0. The largest absolute Gasteiger partial charge is 0.508 e. The van der Waals surface area contributed by atoms with Crippen LogP contribution in [0.4, 0.5) is 5.69 Å². The molecule has 0 aromatic heterocycles. The van der Waals surface area contributed by atoms with Crippen LogP contribution < -0.4 is 4.90 Å². The van der Waals surface area contributed by atoms with Gasteiger partial charge < -0.3 is 15.1 Å². The zero-order chi connectivity index (χ0) is 12.5. The van der Waals surface area contributed by atoms with E-state index in [-0.39, 0.29) is 11.5 Å². The van der Waals surface area contributed by atoms with E-state index in [4.69, 9.17) is 0 Å². The van der Waals surface area contributed by atoms with E-state index in [0.717, 1.165) is 18.7 Å². The number of phenols is 2. The third kappa shape index (κ3) is 1.88. The lowest BCUT2D eigenvalue weighted by Gasteiger charge is -2.41. The van der Waals surface area contributed by atoms with E-state index >= 15 is 0 Å². The number of hydrogen-bond acceptors (Lipinski definition) is 3. The van der Waals surface area contributed by atoms with Gasteiger partial charge in [-0.1, -0.05) is 18.2 Å². The molecular formula is C15H14NO2. The third-order valence-corrected chi connectivity index (χ3v) is 3.40. The van der Waals surface area contributed by atoms with Crippen LogP contribution in [0.2, 0.25) is 0 Å². The molecule has 3 heteroatoms. The van der Waals surface area contributed by atoms with Gasteiger partial charge in [-0.2, -0.15) is 0 Å². The molecule has 1 heterocycles. The fraction of sp³-hybridized carbons (Fsp3) is 0.200. The highest BCUT2D eigenvalue weighted by Gasteiger charge is 2.29. The molecule has 1 aliphatic heterocycles. The number of hydrogen-bond donors (Lipinski definition) is 2. The minimum atomic E-state index is 0.103. The van der Waals surface area contributed by atoms with E-state index in [0.29, 0.717) is 5.92 Å². The molecule has 1 radical (unpaired) electrons. The number of benzene rings is 2. The van der Waals surface area contributed by atoms with Crippen LogP contribution in [-0.4, -0.2) is 23.3 Å². The van der Waals surface area contributed by atoms with E-state index < -0.39 is 0 Å². The lowest BCUT2D eigenvalue weighted by molar-refractivity contribution is 0.430. The van der Waals surface area contributed by atoms with E-state index in [2.05, 4.69) is 11.0 Å². The summed E-state index contributed by atoms with van der Waals surface area (Å²) in [5.74, 6) is 0.613. The Balaban J connectivity index is 1.72. The molecule has 3 rings (SSSR count). The van der Waals surface area contributed by atoms with Crippen LogP contribution >= 0.6 is 0 Å². The van der Waals surface area contributed by atoms with Gasteiger partial charge in [0.15, 0.2) is 0 Å². The molecule has 2 aromatic carbocycles. The summed E-state index contributed by atoms with van der Waals surface area (Å²) in [6.45, 7) is 1.78. The fourth-order valence-electron chi connectivity index (χ4n) is 2.35. The van der Waals surface area contributed by atoms with Crippen molar-refractivity contribution in [1.82, 2.24) is 0 Å². The van der Waals surface area contributed by atoms with Gasteiger partial charge in [0.25, 0.3) is 0 Å². The van der Waals surface area contributed by atoms with E-state index in [9.17, 15) is 10.2 Å². The summed E-state index contributed by atoms with van der Waals surface area (Å²) in [5, 5.41) is 19.1. The molecule has 0 amide bonds. The van der Waals surface area contributed by atoms with Crippen LogP contribution in [0.25, 0.3) is 0 Å². The Morgan fingerprint density at radius 3 is 2.44 bits per heavy atom. The van der Waals surface area contributed by atoms with Crippen LogP contribution in [0.15, 0.2) is 42.5 Å². The van der Waals surface area contributed by atoms with Crippen molar-refractivity contribution in [1.29, 1.82) is 0 Å². The summed E-state index contributed by atoms with van der Waals surface area (Å²) in [6, 6.07) is 15.7. The van der Waals surface area contributed by atoms with E-state index in [1.807, 2.05) is 24.3 Å². The van der Waals surface area contributed by atoms with Crippen LogP contribution in [-0.2, 0) is 0 Å². The highest BCUT2D eigenvalue weighted by molar-refractivity contribution is 5.52. The van der Waals surface area contributed by atoms with Gasteiger partial charge in [0.1, 0.15) is 11.5 Å². The van der Waals surface area contributed by atoms with Crippen molar-refractivity contribution in [2.75, 3.05) is 18.0 Å². The average Bonchev–Trinajstić information content (AvgIpc) is 2.31. The Hall–Kier alpha value is -2.16. The highest BCUT2D eigenvalue weighted by atomic mass is 16.3. The highest BCUT2D eigenvalue weighted by Crippen LogP contribution is 2.36. The van der Waals surface area contributed by atoms with Crippen molar-refractivity contribution in [3.8, 4) is 11.5 Å². The molecule has 0 saturated carbocycles. The molecule has 2 aromatic rings. The maximum atomic E-state index is 9.80. The zero-order valence-corrected chi connectivity index (χ0v) is 9.87. The van der Waals surface area contributed by atoms with Gasteiger partial charge in [-0.15, -0.1) is 0 Å². The smallest absolute Gasteiger partial charge is 0.122 e. The van der Waals surface area contributed by atoms with Gasteiger partial charge in [0.2, 0.25) is 0 Å². The number of rotatable bonds is 2. The maximum Gasteiger partial charge on any atom is 0.122 e. The van der Waals surface area contributed by atoms with Crippen LogP contribution in [0.1, 0.15) is 11.5 Å². The van der Waals surface area contributed by atoms with Crippen molar-refractivity contribution >= 4 is 5.69 Å². The SMILES string of the molecule is Oc1ccc(C2CN(c3cc[c]cc3)C2)c(O)c1. The van der Waals surface area contributed by atoms with Gasteiger partial charge in [-0.05, 0) is 24.3 Å². The predicted octanol–water partition coefficient (Wildman–Crippen LogP) is 2.50. The molecule has 1 saturated heterocycles. The Kier molecular flexibility index (Phi) is 2.59. The second kappa shape index (κ2) is 4.26. The molecule has 1 aliphatic rings. The van der Waals surface area contributed by atoms with Gasteiger partial charge in [0.05, 0.1) is 0 Å². The first-order chi connectivity index (χ1) is 8.74.